The molecule has 0 bridgehead atoms. The number of amides is 2. The van der Waals surface area contributed by atoms with Crippen molar-refractivity contribution in [3.63, 3.8) is 0 Å². The van der Waals surface area contributed by atoms with Crippen LogP contribution in [0.5, 0.6) is 0 Å². The summed E-state index contributed by atoms with van der Waals surface area (Å²) in [7, 11) is -1.82. The Morgan fingerprint density at radius 3 is 2.74 bits per heavy atom. The van der Waals surface area contributed by atoms with Crippen LogP contribution in [0.25, 0.3) is 0 Å². The Bertz CT molecular complexity index is 1350. The minimum absolute atomic E-state index is 0.282. The molecule has 2 fully saturated rings. The molecule has 2 saturated carbocycles. The van der Waals surface area contributed by atoms with Crippen molar-refractivity contribution in [3.05, 3.63) is 40.2 Å². The van der Waals surface area contributed by atoms with Gasteiger partial charge in [0.1, 0.15) is 12.3 Å². The molecule has 2 heterocycles. The number of alkyl halides is 3. The van der Waals surface area contributed by atoms with Gasteiger partial charge in [0.25, 0.3) is 11.8 Å². The zero-order valence-corrected chi connectivity index (χ0v) is 22.1. The highest BCUT2D eigenvalue weighted by atomic mass is 32.2. The summed E-state index contributed by atoms with van der Waals surface area (Å²) < 4.78 is 47.7. The summed E-state index contributed by atoms with van der Waals surface area (Å²) >= 11 is 0. The fourth-order valence-electron chi connectivity index (χ4n) is 6.03. The van der Waals surface area contributed by atoms with Crippen LogP contribution in [0.1, 0.15) is 77.9 Å². The molecular weight excluding hydrogens is 517 g/mol. The summed E-state index contributed by atoms with van der Waals surface area (Å²) in [5, 5.41) is 8.28. The molecule has 0 aromatic carbocycles. The van der Waals surface area contributed by atoms with E-state index in [0.29, 0.717) is 54.7 Å². The molecule has 0 radical (unpaired) electrons. The Kier molecular flexibility index (Phi) is 6.10. The molecule has 6 rings (SSSR count). The van der Waals surface area contributed by atoms with E-state index in [9.17, 15) is 22.8 Å². The number of nitrogens with one attached hydrogen (secondary N) is 2. The van der Waals surface area contributed by atoms with Gasteiger partial charge in [-0.3, -0.25) is 14.3 Å². The lowest BCUT2D eigenvalue weighted by atomic mass is 9.80. The third kappa shape index (κ3) is 4.95. The Morgan fingerprint density at radius 1 is 1.29 bits per heavy atom. The summed E-state index contributed by atoms with van der Waals surface area (Å²) in [5.41, 5.74) is 2.43. The van der Waals surface area contributed by atoms with E-state index in [-0.39, 0.29) is 17.5 Å². The van der Waals surface area contributed by atoms with Gasteiger partial charge in [0, 0.05) is 18.2 Å². The summed E-state index contributed by atoms with van der Waals surface area (Å²) in [6, 6.07) is 0. The Hall–Kier alpha value is -2.53. The van der Waals surface area contributed by atoms with Gasteiger partial charge >= 0.3 is 6.18 Å². The highest BCUT2D eigenvalue weighted by Gasteiger charge is 2.48. The van der Waals surface area contributed by atoms with E-state index >= 15 is 0 Å². The molecule has 1 aromatic heterocycles. The molecule has 4 aliphatic carbocycles. The van der Waals surface area contributed by atoms with Gasteiger partial charge in [-0.2, -0.15) is 18.3 Å². The number of aromatic nitrogens is 2. The maximum absolute atomic E-state index is 13.6. The number of carbonyl (C=O) groups is 2. The van der Waals surface area contributed by atoms with Crippen LogP contribution in [0.3, 0.4) is 0 Å². The van der Waals surface area contributed by atoms with Gasteiger partial charge in [-0.05, 0) is 50.0 Å². The number of carbonyl (C=O) groups excluding carboxylic acids is 2. The molecule has 7 nitrogen and oxygen atoms in total. The first-order valence-electron chi connectivity index (χ1n) is 13.3. The average molecular weight is 551 g/mol. The third-order valence-corrected chi connectivity index (χ3v) is 10.7. The van der Waals surface area contributed by atoms with Gasteiger partial charge in [0.2, 0.25) is 0 Å². The maximum Gasteiger partial charge on any atom is 0.411 e. The van der Waals surface area contributed by atoms with Gasteiger partial charge in [-0.1, -0.05) is 42.3 Å². The molecule has 2 amide bonds. The zero-order chi connectivity index (χ0) is 26.9. The van der Waals surface area contributed by atoms with Crippen LogP contribution in [0.4, 0.5) is 13.2 Å². The molecule has 11 heteroatoms. The molecule has 1 unspecified atom stereocenters. The van der Waals surface area contributed by atoms with Crippen molar-refractivity contribution in [2.45, 2.75) is 87.4 Å². The topological polar surface area (TPSA) is 85.2 Å². The van der Waals surface area contributed by atoms with Crippen molar-refractivity contribution in [1.82, 2.24) is 19.8 Å². The van der Waals surface area contributed by atoms with Crippen LogP contribution in [0.2, 0.25) is 0 Å². The van der Waals surface area contributed by atoms with E-state index in [1.165, 1.54) is 12.8 Å². The zero-order valence-electron chi connectivity index (χ0n) is 21.2. The SMILES string of the molecule is C=S(=C)(NC(=O)c1c2c(nn1CCC1CC1)C[C@]1(CCC3=C1C=CC(OCC(F)(F)F)C3)NC2=O)C1CC1. The maximum atomic E-state index is 13.6. The Morgan fingerprint density at radius 2 is 2.05 bits per heavy atom. The van der Waals surface area contributed by atoms with Crippen molar-refractivity contribution in [2.24, 2.45) is 5.92 Å². The smallest absolute Gasteiger partial charge is 0.364 e. The molecule has 0 saturated heterocycles. The molecular formula is C27H33F3N4O3S. The predicted molar refractivity (Wildman–Crippen MR) is 142 cm³/mol. The molecule has 1 aromatic rings. The van der Waals surface area contributed by atoms with Gasteiger partial charge in [0.15, 0.2) is 0 Å². The van der Waals surface area contributed by atoms with Crippen LogP contribution in [0.15, 0.2) is 23.3 Å². The second kappa shape index (κ2) is 9.01. The summed E-state index contributed by atoms with van der Waals surface area (Å²) in [4.78, 5) is 27.2. The van der Waals surface area contributed by atoms with Gasteiger partial charge in [-0.15, -0.1) is 9.39 Å². The molecule has 2 atom stereocenters. The van der Waals surface area contributed by atoms with Gasteiger partial charge in [0.05, 0.1) is 22.9 Å². The number of ether oxygens (including phenoxy) is 1. The first-order valence-corrected chi connectivity index (χ1v) is 15.3. The normalized spacial score (nSPS) is 26.9. The summed E-state index contributed by atoms with van der Waals surface area (Å²) in [5.74, 6) is 8.32. The predicted octanol–water partition coefficient (Wildman–Crippen LogP) is 4.18. The van der Waals surface area contributed by atoms with E-state index in [1.54, 1.807) is 16.8 Å². The number of halogens is 3. The average Bonchev–Trinajstić information content (AvgIpc) is 3.76. The number of hydrogen-bond acceptors (Lipinski definition) is 4. The third-order valence-electron chi connectivity index (χ3n) is 8.33. The molecule has 5 aliphatic rings. The minimum Gasteiger partial charge on any atom is -0.364 e. The first-order chi connectivity index (χ1) is 17.9. The van der Waals surface area contributed by atoms with Crippen LogP contribution < -0.4 is 10.0 Å². The van der Waals surface area contributed by atoms with E-state index < -0.39 is 33.8 Å². The lowest BCUT2D eigenvalue weighted by Gasteiger charge is -2.36. The van der Waals surface area contributed by atoms with Gasteiger partial charge < -0.3 is 14.8 Å². The fraction of sp³-hybridized carbons (Fsp3) is 0.593. The van der Waals surface area contributed by atoms with Crippen molar-refractivity contribution in [3.8, 4) is 0 Å². The minimum atomic E-state index is -4.38. The van der Waals surface area contributed by atoms with Gasteiger partial charge in [-0.25, -0.2) is 0 Å². The summed E-state index contributed by atoms with van der Waals surface area (Å²) in [6.07, 6.45) is 5.76. The highest BCUT2D eigenvalue weighted by Crippen LogP contribution is 2.46. The standard InChI is InChI=1S/C27H33F3N4O3S/c1-38(2,19-6-7-19)33-25(36)23-22-21(32-34(23)12-10-16-3-4-16)14-26(31-24(22)35)11-9-17-13-18(5-8-20(17)26)37-15-27(28,29)30/h5,8,16,18-19H,1-4,6-7,9-15H2,(H,31,35)(H,33,36)/t18?,26-/m0/s1. The Labute approximate surface area is 220 Å². The number of fused-ring (bicyclic) bond motifs is 2. The molecule has 206 valence electrons. The van der Waals surface area contributed by atoms with Crippen LogP contribution in [0, 0.1) is 5.92 Å². The van der Waals surface area contributed by atoms with E-state index in [4.69, 9.17) is 9.84 Å². The molecule has 1 aliphatic heterocycles. The monoisotopic (exact) mass is 550 g/mol. The second-order valence-corrected chi connectivity index (χ2v) is 14.2. The summed E-state index contributed by atoms with van der Waals surface area (Å²) in [6.45, 7) is -0.726. The molecule has 2 N–H and O–H groups in total. The quantitative estimate of drug-likeness (QED) is 0.476. The van der Waals surface area contributed by atoms with Crippen LogP contribution in [-0.4, -0.2) is 63.0 Å². The molecule has 1 spiro atoms. The number of hydrogen-bond donors (Lipinski definition) is 2. The second-order valence-electron chi connectivity index (χ2n) is 11.5. The fourth-order valence-corrected chi connectivity index (χ4v) is 7.70. The molecule has 38 heavy (non-hydrogen) atoms. The first kappa shape index (κ1) is 25.7. The number of rotatable bonds is 8. The Balaban J connectivity index is 1.27. The van der Waals surface area contributed by atoms with Crippen LogP contribution in [-0.2, 0) is 17.7 Å². The van der Waals surface area contributed by atoms with E-state index in [1.807, 2.05) is 0 Å². The lowest BCUT2D eigenvalue weighted by Crippen LogP contribution is -2.53. The van der Waals surface area contributed by atoms with Crippen molar-refractivity contribution >= 4 is 32.9 Å². The largest absolute Gasteiger partial charge is 0.411 e. The van der Waals surface area contributed by atoms with Crippen molar-refractivity contribution < 1.29 is 27.5 Å². The van der Waals surface area contributed by atoms with Crippen molar-refractivity contribution in [2.75, 3.05) is 6.61 Å². The van der Waals surface area contributed by atoms with Crippen molar-refractivity contribution in [1.29, 1.82) is 0 Å². The number of aryl methyl sites for hydroxylation is 1. The highest BCUT2D eigenvalue weighted by molar-refractivity contribution is 8.27. The van der Waals surface area contributed by atoms with E-state index in [0.717, 1.165) is 30.4 Å². The van der Waals surface area contributed by atoms with E-state index in [2.05, 4.69) is 21.8 Å². The number of nitrogens with zero attached hydrogens (tertiary/aromatic N) is 2. The lowest BCUT2D eigenvalue weighted by molar-refractivity contribution is -0.180. The van der Waals surface area contributed by atoms with Crippen LogP contribution >= 0.6 is 9.39 Å².